The molecule has 1 aliphatic rings. The van der Waals surface area contributed by atoms with Crippen molar-refractivity contribution in [2.24, 2.45) is 0 Å². The summed E-state index contributed by atoms with van der Waals surface area (Å²) in [6.45, 7) is 6.97. The van der Waals surface area contributed by atoms with Crippen LogP contribution < -0.4 is 0 Å². The monoisotopic (exact) mass is 378 g/mol. The summed E-state index contributed by atoms with van der Waals surface area (Å²) in [6, 6.07) is 8.10. The molecule has 8 heteroatoms. The Balaban J connectivity index is 1.65. The zero-order valence-electron chi connectivity index (χ0n) is 15.8. The Hall–Kier alpha value is -1.74. The van der Waals surface area contributed by atoms with Gasteiger partial charge in [0.05, 0.1) is 5.69 Å². The van der Waals surface area contributed by atoms with E-state index >= 15 is 0 Å². The zero-order chi connectivity index (χ0) is 18.9. The first kappa shape index (κ1) is 19.0. The van der Waals surface area contributed by atoms with Crippen molar-refractivity contribution in [3.8, 4) is 11.5 Å². The molecule has 1 aromatic carbocycles. The largest absolute Gasteiger partial charge is 0.441 e. The van der Waals surface area contributed by atoms with E-state index in [-0.39, 0.29) is 0 Å². The van der Waals surface area contributed by atoms with Gasteiger partial charge in [0, 0.05) is 52.4 Å². The van der Waals surface area contributed by atoms with Crippen LogP contribution >= 0.6 is 0 Å². The van der Waals surface area contributed by atoms with Crippen molar-refractivity contribution < 1.29 is 12.8 Å². The highest BCUT2D eigenvalue weighted by Gasteiger charge is 2.29. The van der Waals surface area contributed by atoms with Gasteiger partial charge < -0.3 is 4.42 Å². The van der Waals surface area contributed by atoms with Gasteiger partial charge in [-0.2, -0.15) is 17.0 Å². The maximum absolute atomic E-state index is 12.2. The molecule has 2 heterocycles. The highest BCUT2D eigenvalue weighted by molar-refractivity contribution is 7.86. The maximum atomic E-state index is 12.2. The Morgan fingerprint density at radius 1 is 1.08 bits per heavy atom. The number of benzene rings is 1. The topological polar surface area (TPSA) is 69.9 Å². The number of piperazine rings is 1. The minimum absolute atomic E-state index is 0.488. The molecule has 1 aromatic heterocycles. The number of hydrogen-bond acceptors (Lipinski definition) is 5. The van der Waals surface area contributed by atoms with Crippen LogP contribution in [0.3, 0.4) is 0 Å². The van der Waals surface area contributed by atoms with Crippen molar-refractivity contribution in [1.29, 1.82) is 0 Å². The minimum Gasteiger partial charge on any atom is -0.441 e. The van der Waals surface area contributed by atoms with Gasteiger partial charge in [-0.3, -0.25) is 4.90 Å². The second kappa shape index (κ2) is 7.48. The molecule has 0 atom stereocenters. The van der Waals surface area contributed by atoms with E-state index in [1.165, 1.54) is 14.2 Å². The quantitative estimate of drug-likeness (QED) is 0.795. The molecule has 0 saturated carbocycles. The molecular weight excluding hydrogens is 352 g/mol. The van der Waals surface area contributed by atoms with E-state index in [1.54, 1.807) is 14.1 Å². The fourth-order valence-electron chi connectivity index (χ4n) is 2.96. The number of oxazole rings is 1. The molecule has 0 aliphatic carbocycles. The van der Waals surface area contributed by atoms with E-state index in [0.29, 0.717) is 38.6 Å². The van der Waals surface area contributed by atoms with Gasteiger partial charge in [-0.1, -0.05) is 17.7 Å². The smallest absolute Gasteiger partial charge is 0.281 e. The van der Waals surface area contributed by atoms with Gasteiger partial charge in [0.25, 0.3) is 10.2 Å². The second-order valence-electron chi connectivity index (χ2n) is 6.85. The summed E-state index contributed by atoms with van der Waals surface area (Å²) in [7, 11) is -0.209. The SMILES string of the molecule is Cc1ccc(-c2nc(CN3CCN(S(=O)(=O)N(C)C)CC3)c(C)o2)cc1. The van der Waals surface area contributed by atoms with Crippen molar-refractivity contribution in [3.63, 3.8) is 0 Å². The molecule has 1 fully saturated rings. The lowest BCUT2D eigenvalue weighted by atomic mass is 10.1. The molecule has 0 amide bonds. The van der Waals surface area contributed by atoms with E-state index in [0.717, 1.165) is 17.0 Å². The van der Waals surface area contributed by atoms with Gasteiger partial charge in [-0.05, 0) is 26.0 Å². The summed E-state index contributed by atoms with van der Waals surface area (Å²) in [5.41, 5.74) is 3.07. The van der Waals surface area contributed by atoms with Crippen molar-refractivity contribution in [3.05, 3.63) is 41.3 Å². The Kier molecular flexibility index (Phi) is 5.47. The van der Waals surface area contributed by atoms with E-state index in [2.05, 4.69) is 9.88 Å². The van der Waals surface area contributed by atoms with Crippen LogP contribution in [0.15, 0.2) is 28.7 Å². The molecule has 0 unspecified atom stereocenters. The van der Waals surface area contributed by atoms with Gasteiger partial charge in [0.15, 0.2) is 0 Å². The Morgan fingerprint density at radius 3 is 2.27 bits per heavy atom. The third-order valence-corrected chi connectivity index (χ3v) is 6.62. The average molecular weight is 378 g/mol. The molecule has 0 N–H and O–H groups in total. The predicted molar refractivity (Wildman–Crippen MR) is 101 cm³/mol. The van der Waals surface area contributed by atoms with Crippen LogP contribution in [0.5, 0.6) is 0 Å². The maximum Gasteiger partial charge on any atom is 0.281 e. The van der Waals surface area contributed by atoms with Crippen LogP contribution in [-0.2, 0) is 16.8 Å². The fourth-order valence-corrected chi connectivity index (χ4v) is 4.04. The first-order valence-corrected chi connectivity index (χ1v) is 10.1. The average Bonchev–Trinajstić information content (AvgIpc) is 2.96. The molecule has 0 bridgehead atoms. The van der Waals surface area contributed by atoms with Crippen LogP contribution in [0.1, 0.15) is 17.0 Å². The van der Waals surface area contributed by atoms with Gasteiger partial charge in [-0.15, -0.1) is 0 Å². The van der Waals surface area contributed by atoms with Crippen molar-refractivity contribution in [1.82, 2.24) is 18.5 Å². The van der Waals surface area contributed by atoms with Crippen LogP contribution in [0.25, 0.3) is 11.5 Å². The molecule has 142 valence electrons. The summed E-state index contributed by atoms with van der Waals surface area (Å²) < 4.78 is 33.0. The Morgan fingerprint density at radius 2 is 1.69 bits per heavy atom. The van der Waals surface area contributed by atoms with Gasteiger partial charge in [0.1, 0.15) is 5.76 Å². The van der Waals surface area contributed by atoms with E-state index < -0.39 is 10.2 Å². The van der Waals surface area contributed by atoms with Crippen molar-refractivity contribution >= 4 is 10.2 Å². The Bertz CT molecular complexity index is 851. The first-order chi connectivity index (χ1) is 12.3. The molecule has 26 heavy (non-hydrogen) atoms. The molecule has 7 nitrogen and oxygen atoms in total. The molecule has 1 aliphatic heterocycles. The third kappa shape index (κ3) is 3.98. The Labute approximate surface area is 155 Å². The van der Waals surface area contributed by atoms with Crippen molar-refractivity contribution in [2.75, 3.05) is 40.3 Å². The van der Waals surface area contributed by atoms with Crippen LogP contribution in [-0.4, -0.2) is 67.2 Å². The summed E-state index contributed by atoms with van der Waals surface area (Å²) in [4.78, 5) is 6.87. The minimum atomic E-state index is -3.33. The highest BCUT2D eigenvalue weighted by Crippen LogP contribution is 2.23. The van der Waals surface area contributed by atoms with Crippen molar-refractivity contribution in [2.45, 2.75) is 20.4 Å². The first-order valence-electron chi connectivity index (χ1n) is 8.70. The predicted octanol–water partition coefficient (Wildman–Crippen LogP) is 1.88. The lowest BCUT2D eigenvalue weighted by Gasteiger charge is -2.34. The van der Waals surface area contributed by atoms with E-state index in [9.17, 15) is 8.42 Å². The van der Waals surface area contributed by atoms with Gasteiger partial charge in [-0.25, -0.2) is 4.98 Å². The molecule has 1 saturated heterocycles. The molecule has 2 aromatic rings. The lowest BCUT2D eigenvalue weighted by Crippen LogP contribution is -2.51. The molecular formula is C18H26N4O3S. The number of rotatable bonds is 5. The summed E-state index contributed by atoms with van der Waals surface area (Å²) >= 11 is 0. The number of nitrogens with zero attached hydrogens (tertiary/aromatic N) is 4. The van der Waals surface area contributed by atoms with Gasteiger partial charge >= 0.3 is 0 Å². The van der Waals surface area contributed by atoms with Crippen LogP contribution in [0.4, 0.5) is 0 Å². The standard InChI is InChI=1S/C18H26N4O3S/c1-14-5-7-16(8-6-14)18-19-17(15(2)25-18)13-21-9-11-22(12-10-21)26(23,24)20(3)4/h5-8H,9-13H2,1-4H3. The number of hydrogen-bond donors (Lipinski definition) is 0. The van der Waals surface area contributed by atoms with E-state index in [4.69, 9.17) is 4.42 Å². The summed E-state index contributed by atoms with van der Waals surface area (Å²) in [5.74, 6) is 1.44. The fraction of sp³-hybridized carbons (Fsp3) is 0.500. The van der Waals surface area contributed by atoms with Crippen LogP contribution in [0, 0.1) is 13.8 Å². The zero-order valence-corrected chi connectivity index (χ0v) is 16.6. The summed E-state index contributed by atoms with van der Waals surface area (Å²) in [5, 5.41) is 0. The van der Waals surface area contributed by atoms with Crippen LogP contribution in [0.2, 0.25) is 0 Å². The highest BCUT2D eigenvalue weighted by atomic mass is 32.2. The normalized spacial score (nSPS) is 17.1. The summed E-state index contributed by atoms with van der Waals surface area (Å²) in [6.07, 6.45) is 0. The number of aromatic nitrogens is 1. The second-order valence-corrected chi connectivity index (χ2v) is 9.00. The third-order valence-electron chi connectivity index (χ3n) is 4.68. The lowest BCUT2D eigenvalue weighted by molar-refractivity contribution is 0.175. The molecule has 0 spiro atoms. The van der Waals surface area contributed by atoms with Gasteiger partial charge in [0.2, 0.25) is 5.89 Å². The van der Waals surface area contributed by atoms with E-state index in [1.807, 2.05) is 38.1 Å². The molecule has 3 rings (SSSR count). The molecule has 0 radical (unpaired) electrons. The number of aryl methyl sites for hydroxylation is 2.